The molecule has 2 saturated heterocycles. The first-order chi connectivity index (χ1) is 28.7. The summed E-state index contributed by atoms with van der Waals surface area (Å²) in [4.78, 5) is 71.0. The van der Waals surface area contributed by atoms with Crippen LogP contribution >= 0.6 is 23.5 Å². The molecular weight excluding hydrogens is 805 g/mol. The molecule has 1 N–H and O–H groups in total. The summed E-state index contributed by atoms with van der Waals surface area (Å²) in [6.07, 6.45) is 0. The van der Waals surface area contributed by atoms with Crippen LogP contribution in [-0.4, -0.2) is 143 Å². The molecule has 6 rings (SSSR count). The second kappa shape index (κ2) is 21.7. The zero-order valence-corrected chi connectivity index (χ0v) is 33.6. The van der Waals surface area contributed by atoms with E-state index in [0.717, 1.165) is 28.4 Å². The summed E-state index contributed by atoms with van der Waals surface area (Å²) in [5.41, 5.74) is 1.10. The van der Waals surface area contributed by atoms with E-state index in [1.54, 1.807) is 64.4 Å². The number of rotatable bonds is 19. The molecule has 3 aliphatic heterocycles. The van der Waals surface area contributed by atoms with Gasteiger partial charge in [-0.05, 0) is 60.7 Å². The van der Waals surface area contributed by atoms with Gasteiger partial charge in [-0.3, -0.25) is 19.2 Å². The highest BCUT2D eigenvalue weighted by atomic mass is 32.2. The van der Waals surface area contributed by atoms with Crippen LogP contribution in [0.2, 0.25) is 0 Å². The zero-order valence-electron chi connectivity index (χ0n) is 32.0. The summed E-state index contributed by atoms with van der Waals surface area (Å²) < 4.78 is 32.2. The van der Waals surface area contributed by atoms with Gasteiger partial charge in [-0.1, -0.05) is 23.5 Å². The molecular formula is C41H42N4O12S2. The molecule has 310 valence electrons. The Balaban J connectivity index is 1.14. The van der Waals surface area contributed by atoms with Gasteiger partial charge in [-0.15, -0.1) is 0 Å². The third-order valence-electron chi connectivity index (χ3n) is 9.04. The lowest BCUT2D eigenvalue weighted by Gasteiger charge is -2.26. The number of carbonyl (C=O) groups is 5. The van der Waals surface area contributed by atoms with E-state index in [2.05, 4.69) is 6.07 Å². The molecule has 0 atom stereocenters. The Bertz CT molecular complexity index is 1960. The second-order valence-electron chi connectivity index (χ2n) is 13.0. The van der Waals surface area contributed by atoms with Gasteiger partial charge in [0.25, 0.3) is 23.6 Å². The number of hydrogen-bond acceptors (Lipinski definition) is 14. The third-order valence-corrected chi connectivity index (χ3v) is 11.3. The molecule has 3 heterocycles. The number of carbonyl (C=O) groups excluding carboxylic acids is 4. The van der Waals surface area contributed by atoms with Crippen molar-refractivity contribution in [3.8, 4) is 11.8 Å². The van der Waals surface area contributed by atoms with E-state index in [1.807, 2.05) is 0 Å². The van der Waals surface area contributed by atoms with Crippen LogP contribution in [0, 0.1) is 11.3 Å². The maximum Gasteiger partial charge on any atom is 0.329 e. The number of benzene rings is 3. The lowest BCUT2D eigenvalue weighted by Crippen LogP contribution is -2.40. The van der Waals surface area contributed by atoms with Crippen LogP contribution < -0.4 is 9.64 Å². The van der Waals surface area contributed by atoms with Crippen molar-refractivity contribution in [2.24, 2.45) is 0 Å². The minimum absolute atomic E-state index is 0.0381. The molecule has 0 spiro atoms. The first-order valence-electron chi connectivity index (χ1n) is 18.8. The summed E-state index contributed by atoms with van der Waals surface area (Å²) in [7, 11) is 0. The molecule has 0 radical (unpaired) electrons. The number of morpholine rings is 2. The fraction of sp³-hybridized carbons (Fsp3) is 0.366. The number of aliphatic carboxylic acids is 1. The highest BCUT2D eigenvalue weighted by Gasteiger charge is 2.41. The molecule has 3 aromatic carbocycles. The van der Waals surface area contributed by atoms with E-state index in [-0.39, 0.29) is 79.1 Å². The Hall–Kier alpha value is -5.26. The van der Waals surface area contributed by atoms with E-state index < -0.39 is 17.8 Å². The first kappa shape index (κ1) is 43.3. The number of amides is 4. The number of ether oxygens (including phenoxy) is 6. The Kier molecular flexibility index (Phi) is 15.9. The van der Waals surface area contributed by atoms with Crippen molar-refractivity contribution in [3.05, 3.63) is 93.2 Å². The number of nitriles is 1. The molecule has 16 nitrogen and oxygen atoms in total. The van der Waals surface area contributed by atoms with Gasteiger partial charge in [0, 0.05) is 53.2 Å². The molecule has 0 unspecified atom stereocenters. The van der Waals surface area contributed by atoms with Crippen LogP contribution in [0.3, 0.4) is 0 Å². The molecule has 3 aromatic rings. The monoisotopic (exact) mass is 846 g/mol. The van der Waals surface area contributed by atoms with Gasteiger partial charge in [0.05, 0.1) is 80.5 Å². The molecule has 0 saturated carbocycles. The van der Waals surface area contributed by atoms with E-state index in [9.17, 15) is 29.2 Å². The van der Waals surface area contributed by atoms with Crippen molar-refractivity contribution >= 4 is 58.8 Å². The molecule has 18 heteroatoms. The second-order valence-corrected chi connectivity index (χ2v) is 15.1. The third kappa shape index (κ3) is 11.7. The highest BCUT2D eigenvalue weighted by molar-refractivity contribution is 8.08. The summed E-state index contributed by atoms with van der Waals surface area (Å²) in [5, 5.41) is 18.7. The fourth-order valence-electron chi connectivity index (χ4n) is 6.06. The van der Waals surface area contributed by atoms with E-state index >= 15 is 0 Å². The topological polar surface area (TPSA) is 194 Å². The largest absolute Gasteiger partial charge is 0.491 e. The molecule has 2 fully saturated rings. The molecule has 0 aromatic heterocycles. The highest BCUT2D eigenvalue weighted by Crippen LogP contribution is 2.45. The summed E-state index contributed by atoms with van der Waals surface area (Å²) in [5.74, 6) is -2.21. The van der Waals surface area contributed by atoms with Gasteiger partial charge in [-0.2, -0.15) is 5.26 Å². The molecule has 3 aliphatic rings. The maximum absolute atomic E-state index is 14.3. The zero-order chi connectivity index (χ0) is 41.6. The van der Waals surface area contributed by atoms with Crippen molar-refractivity contribution in [2.75, 3.05) is 104 Å². The van der Waals surface area contributed by atoms with Crippen LogP contribution in [0.4, 0.5) is 5.69 Å². The van der Waals surface area contributed by atoms with Crippen molar-refractivity contribution < 1.29 is 57.5 Å². The molecule has 4 amide bonds. The smallest absolute Gasteiger partial charge is 0.329 e. The Morgan fingerprint density at radius 2 is 1.12 bits per heavy atom. The molecule has 0 bridgehead atoms. The van der Waals surface area contributed by atoms with Crippen LogP contribution in [-0.2, 0) is 38.1 Å². The quantitative estimate of drug-likeness (QED) is 0.136. The van der Waals surface area contributed by atoms with Gasteiger partial charge < -0.3 is 43.3 Å². The Morgan fingerprint density at radius 1 is 0.661 bits per heavy atom. The van der Waals surface area contributed by atoms with Crippen molar-refractivity contribution in [2.45, 2.75) is 9.79 Å². The predicted molar refractivity (Wildman–Crippen MR) is 214 cm³/mol. The molecule has 0 aliphatic carbocycles. The number of nitrogens with zero attached hydrogens (tertiary/aromatic N) is 4. The molecule has 59 heavy (non-hydrogen) atoms. The number of hydrogen-bond donors (Lipinski definition) is 1. The minimum atomic E-state index is -1.05. The van der Waals surface area contributed by atoms with Crippen LogP contribution in [0.1, 0.15) is 26.3 Å². The van der Waals surface area contributed by atoms with Crippen LogP contribution in [0.15, 0.2) is 86.3 Å². The standard InChI is InChI=1S/C41H42N4O12S2/c42-26-30-25-31(57-24-23-55-20-19-54-21-22-56-27-35(46)47)5-10-34(30)45-40(50)36(58-32-6-1-28(2-7-32)38(48)43-11-15-52-16-12-43)37(41(45)51)59-33-8-3-29(4-9-33)39(49)44-13-17-53-18-14-44/h1-10,25H,11-24,27H2,(H,46,47). The maximum atomic E-state index is 14.3. The van der Waals surface area contributed by atoms with Gasteiger partial charge in [0.15, 0.2) is 0 Å². The lowest BCUT2D eigenvalue weighted by atomic mass is 10.1. The minimum Gasteiger partial charge on any atom is -0.491 e. The Morgan fingerprint density at radius 3 is 1.58 bits per heavy atom. The summed E-state index contributed by atoms with van der Waals surface area (Å²) in [6.45, 7) is 4.77. The average molecular weight is 847 g/mol. The number of carboxylic acid groups (broad SMARTS) is 1. The van der Waals surface area contributed by atoms with Crippen LogP contribution in [0.5, 0.6) is 5.75 Å². The van der Waals surface area contributed by atoms with Crippen molar-refractivity contribution in [1.82, 2.24) is 9.80 Å². The van der Waals surface area contributed by atoms with Gasteiger partial charge in [-0.25, -0.2) is 9.69 Å². The van der Waals surface area contributed by atoms with E-state index in [0.29, 0.717) is 79.3 Å². The summed E-state index contributed by atoms with van der Waals surface area (Å²) >= 11 is 2.17. The lowest BCUT2D eigenvalue weighted by molar-refractivity contribution is -0.142. The number of thioether (sulfide) groups is 2. The van der Waals surface area contributed by atoms with Gasteiger partial charge in [0.2, 0.25) is 0 Å². The SMILES string of the molecule is N#Cc1cc(OCCOCCOCCOCC(=O)O)ccc1N1C(=O)C(Sc2ccc(C(=O)N3CCOCC3)cc2)=C(Sc2ccc(C(=O)N3CCOCC3)cc2)C1=O. The predicted octanol–water partition coefficient (Wildman–Crippen LogP) is 3.69. The Labute approximate surface area is 348 Å². The van der Waals surface area contributed by atoms with Crippen molar-refractivity contribution in [1.29, 1.82) is 5.26 Å². The average Bonchev–Trinajstić information content (AvgIpc) is 3.49. The van der Waals surface area contributed by atoms with Crippen molar-refractivity contribution in [3.63, 3.8) is 0 Å². The van der Waals surface area contributed by atoms with E-state index in [1.165, 1.54) is 12.1 Å². The number of carboxylic acids is 1. The number of imide groups is 1. The summed E-state index contributed by atoms with van der Waals surface area (Å²) in [6, 6.07) is 20.2. The van der Waals surface area contributed by atoms with E-state index in [4.69, 9.17) is 33.5 Å². The van der Waals surface area contributed by atoms with Crippen LogP contribution in [0.25, 0.3) is 0 Å². The van der Waals surface area contributed by atoms with Gasteiger partial charge >= 0.3 is 5.97 Å². The van der Waals surface area contributed by atoms with Gasteiger partial charge in [0.1, 0.15) is 25.0 Å². The number of anilines is 1. The normalized spacial score (nSPS) is 15.7. The first-order valence-corrected chi connectivity index (χ1v) is 20.4. The fourth-order valence-corrected chi connectivity index (χ4v) is 8.04.